The molecule has 1 atom stereocenters. The summed E-state index contributed by atoms with van der Waals surface area (Å²) in [4.78, 5) is 16.0. The number of halogens is 1. The number of anilines is 1. The van der Waals surface area contributed by atoms with Gasteiger partial charge in [-0.05, 0) is 18.2 Å². The first-order chi connectivity index (χ1) is 11.7. The SMILES string of the molecule is C#CCNC(=O)c1ccc(N[C@H]2CCOc3c(F)cccc32)nc1. The van der Waals surface area contributed by atoms with Gasteiger partial charge in [-0.3, -0.25) is 4.79 Å². The quantitative estimate of drug-likeness (QED) is 0.848. The molecule has 0 fully saturated rings. The van der Waals surface area contributed by atoms with E-state index in [2.05, 4.69) is 21.5 Å². The number of pyridine rings is 1. The van der Waals surface area contributed by atoms with Crippen LogP contribution in [0.2, 0.25) is 0 Å². The number of hydrogen-bond acceptors (Lipinski definition) is 4. The van der Waals surface area contributed by atoms with Crippen molar-refractivity contribution in [3.63, 3.8) is 0 Å². The molecule has 0 saturated heterocycles. The maximum absolute atomic E-state index is 13.8. The van der Waals surface area contributed by atoms with Gasteiger partial charge in [-0.25, -0.2) is 9.37 Å². The van der Waals surface area contributed by atoms with Crippen LogP contribution in [-0.4, -0.2) is 24.0 Å². The van der Waals surface area contributed by atoms with Crippen LogP contribution in [-0.2, 0) is 0 Å². The van der Waals surface area contributed by atoms with E-state index < -0.39 is 0 Å². The zero-order valence-electron chi connectivity index (χ0n) is 12.9. The van der Waals surface area contributed by atoms with E-state index in [1.807, 2.05) is 6.07 Å². The van der Waals surface area contributed by atoms with Crippen molar-refractivity contribution in [3.05, 3.63) is 53.5 Å². The van der Waals surface area contributed by atoms with Gasteiger partial charge >= 0.3 is 0 Å². The summed E-state index contributed by atoms with van der Waals surface area (Å²) in [6, 6.07) is 8.13. The summed E-state index contributed by atoms with van der Waals surface area (Å²) in [5, 5.41) is 5.83. The van der Waals surface area contributed by atoms with Crippen LogP contribution in [0.1, 0.15) is 28.4 Å². The molecule has 0 aliphatic carbocycles. The van der Waals surface area contributed by atoms with E-state index in [1.54, 1.807) is 18.2 Å². The molecule has 122 valence electrons. The first kappa shape index (κ1) is 15.8. The van der Waals surface area contributed by atoms with E-state index in [4.69, 9.17) is 11.2 Å². The number of carbonyl (C=O) groups excluding carboxylic acids is 1. The molecule has 6 heteroatoms. The summed E-state index contributed by atoms with van der Waals surface area (Å²) in [6.07, 6.45) is 7.27. The largest absolute Gasteiger partial charge is 0.490 e. The standard InChI is InChI=1S/C18H16FN3O2/c1-2-9-20-18(23)12-6-7-16(21-11-12)22-15-8-10-24-17-13(15)4-3-5-14(17)19/h1,3-7,11,15H,8-10H2,(H,20,23)(H,21,22)/t15-/m0/s1. The monoisotopic (exact) mass is 325 g/mol. The summed E-state index contributed by atoms with van der Waals surface area (Å²) < 4.78 is 19.2. The van der Waals surface area contributed by atoms with Crippen molar-refractivity contribution in [1.29, 1.82) is 0 Å². The molecular formula is C18H16FN3O2. The highest BCUT2D eigenvalue weighted by Crippen LogP contribution is 2.35. The van der Waals surface area contributed by atoms with Gasteiger partial charge in [0.2, 0.25) is 0 Å². The highest BCUT2D eigenvalue weighted by Gasteiger charge is 2.24. The molecule has 2 aromatic rings. The van der Waals surface area contributed by atoms with Crippen LogP contribution in [0.3, 0.4) is 0 Å². The van der Waals surface area contributed by atoms with Gasteiger partial charge in [0.15, 0.2) is 11.6 Å². The number of benzene rings is 1. The van der Waals surface area contributed by atoms with Crippen molar-refractivity contribution in [2.45, 2.75) is 12.5 Å². The molecule has 24 heavy (non-hydrogen) atoms. The Morgan fingerprint density at radius 3 is 3.04 bits per heavy atom. The molecule has 0 unspecified atom stereocenters. The minimum absolute atomic E-state index is 0.0990. The molecule has 1 amide bonds. The summed E-state index contributed by atoms with van der Waals surface area (Å²) >= 11 is 0. The van der Waals surface area contributed by atoms with Gasteiger partial charge in [-0.1, -0.05) is 18.1 Å². The fraction of sp³-hybridized carbons (Fsp3) is 0.222. The fourth-order valence-electron chi connectivity index (χ4n) is 2.56. The highest BCUT2D eigenvalue weighted by molar-refractivity contribution is 5.94. The summed E-state index contributed by atoms with van der Waals surface area (Å²) in [5.74, 6) is 2.59. The number of aromatic nitrogens is 1. The fourth-order valence-corrected chi connectivity index (χ4v) is 2.56. The molecule has 1 aliphatic rings. The lowest BCUT2D eigenvalue weighted by Crippen LogP contribution is -2.24. The van der Waals surface area contributed by atoms with Gasteiger partial charge in [-0.2, -0.15) is 0 Å². The molecule has 1 aliphatic heterocycles. The molecule has 0 saturated carbocycles. The molecule has 1 aromatic heterocycles. The van der Waals surface area contributed by atoms with Crippen LogP contribution < -0.4 is 15.4 Å². The van der Waals surface area contributed by atoms with Crippen LogP contribution in [0.15, 0.2) is 36.5 Å². The first-order valence-electron chi connectivity index (χ1n) is 7.54. The number of amides is 1. The van der Waals surface area contributed by atoms with Crippen molar-refractivity contribution in [3.8, 4) is 18.1 Å². The third kappa shape index (κ3) is 3.30. The van der Waals surface area contributed by atoms with E-state index >= 15 is 0 Å². The second-order valence-electron chi connectivity index (χ2n) is 5.31. The van der Waals surface area contributed by atoms with E-state index in [9.17, 15) is 9.18 Å². The lowest BCUT2D eigenvalue weighted by atomic mass is 10.0. The van der Waals surface area contributed by atoms with Gasteiger partial charge in [-0.15, -0.1) is 6.42 Å². The number of para-hydroxylation sites is 1. The third-order valence-electron chi connectivity index (χ3n) is 3.72. The van der Waals surface area contributed by atoms with Crippen molar-refractivity contribution >= 4 is 11.7 Å². The number of rotatable bonds is 4. The third-order valence-corrected chi connectivity index (χ3v) is 3.72. The van der Waals surface area contributed by atoms with E-state index in [0.29, 0.717) is 24.4 Å². The van der Waals surface area contributed by atoms with Crippen LogP contribution in [0, 0.1) is 18.2 Å². The summed E-state index contributed by atoms with van der Waals surface area (Å²) in [7, 11) is 0. The molecule has 0 spiro atoms. The first-order valence-corrected chi connectivity index (χ1v) is 7.54. The van der Waals surface area contributed by atoms with Crippen molar-refractivity contribution in [2.24, 2.45) is 0 Å². The Morgan fingerprint density at radius 2 is 2.29 bits per heavy atom. The Bertz CT molecular complexity index is 784. The number of nitrogens with one attached hydrogen (secondary N) is 2. The van der Waals surface area contributed by atoms with Gasteiger partial charge in [0.25, 0.3) is 5.91 Å². The summed E-state index contributed by atoms with van der Waals surface area (Å²) in [6.45, 7) is 0.599. The minimum Gasteiger partial charge on any atom is -0.490 e. The zero-order chi connectivity index (χ0) is 16.9. The topological polar surface area (TPSA) is 63.2 Å². The second kappa shape index (κ2) is 7.01. The summed E-state index contributed by atoms with van der Waals surface area (Å²) in [5.41, 5.74) is 1.19. The molecular weight excluding hydrogens is 309 g/mol. The van der Waals surface area contributed by atoms with E-state index in [-0.39, 0.29) is 30.1 Å². The highest BCUT2D eigenvalue weighted by atomic mass is 19.1. The molecule has 2 heterocycles. The van der Waals surface area contributed by atoms with Crippen molar-refractivity contribution in [1.82, 2.24) is 10.3 Å². The molecule has 2 N–H and O–H groups in total. The normalized spacial score (nSPS) is 15.6. The molecule has 0 radical (unpaired) electrons. The smallest absolute Gasteiger partial charge is 0.253 e. The molecule has 5 nitrogen and oxygen atoms in total. The van der Waals surface area contributed by atoms with E-state index in [0.717, 1.165) is 5.56 Å². The predicted molar refractivity (Wildman–Crippen MR) is 88.3 cm³/mol. The maximum atomic E-state index is 13.8. The van der Waals surface area contributed by atoms with Crippen LogP contribution >= 0.6 is 0 Å². The number of nitrogens with zero attached hydrogens (tertiary/aromatic N) is 1. The Kier molecular flexibility index (Phi) is 4.62. The van der Waals surface area contributed by atoms with Gasteiger partial charge < -0.3 is 15.4 Å². The van der Waals surface area contributed by atoms with Crippen LogP contribution in [0.4, 0.5) is 10.2 Å². The van der Waals surface area contributed by atoms with Gasteiger partial charge in [0.1, 0.15) is 5.82 Å². The number of hydrogen-bond donors (Lipinski definition) is 2. The second-order valence-corrected chi connectivity index (χ2v) is 5.31. The number of ether oxygens (including phenoxy) is 1. The minimum atomic E-state index is -0.368. The number of terminal acetylenes is 1. The maximum Gasteiger partial charge on any atom is 0.253 e. The Labute approximate surface area is 139 Å². The predicted octanol–water partition coefficient (Wildman–Crippen LogP) is 2.52. The Balaban J connectivity index is 1.73. The molecule has 1 aromatic carbocycles. The Hall–Kier alpha value is -3.07. The average Bonchev–Trinajstić information content (AvgIpc) is 2.61. The molecule has 0 bridgehead atoms. The lowest BCUT2D eigenvalue weighted by molar-refractivity contribution is 0.0958. The average molecular weight is 325 g/mol. The van der Waals surface area contributed by atoms with Crippen molar-refractivity contribution < 1.29 is 13.9 Å². The van der Waals surface area contributed by atoms with Gasteiger partial charge in [0, 0.05) is 18.2 Å². The molecule has 3 rings (SSSR count). The number of fused-ring (bicyclic) bond motifs is 1. The Morgan fingerprint density at radius 1 is 1.42 bits per heavy atom. The van der Waals surface area contributed by atoms with Gasteiger partial charge in [0.05, 0.1) is 24.8 Å². The lowest BCUT2D eigenvalue weighted by Gasteiger charge is -2.27. The zero-order valence-corrected chi connectivity index (χ0v) is 12.9. The van der Waals surface area contributed by atoms with Crippen molar-refractivity contribution in [2.75, 3.05) is 18.5 Å². The number of carbonyl (C=O) groups is 1. The van der Waals surface area contributed by atoms with E-state index in [1.165, 1.54) is 12.3 Å². The van der Waals surface area contributed by atoms with Crippen LogP contribution in [0.25, 0.3) is 0 Å². The van der Waals surface area contributed by atoms with Crippen LogP contribution in [0.5, 0.6) is 5.75 Å².